The Hall–Kier alpha value is -2.72. The van der Waals surface area contributed by atoms with Crippen LogP contribution in [0.1, 0.15) is 24.5 Å². The molecule has 0 aromatic heterocycles. The van der Waals surface area contributed by atoms with E-state index in [2.05, 4.69) is 77.6 Å². The van der Waals surface area contributed by atoms with Gasteiger partial charge in [-0.1, -0.05) is 84.9 Å². The van der Waals surface area contributed by atoms with Crippen LogP contribution < -0.4 is 4.90 Å². The Labute approximate surface area is 163 Å². The maximum absolute atomic E-state index is 6.31. The van der Waals surface area contributed by atoms with Gasteiger partial charge in [0.1, 0.15) is 0 Å². The minimum atomic E-state index is -0.633. The standard InChI is InChI=1S/C23H20N2OS/c1-17-16-23(19-12-6-3-7-13-19)25(20-14-8-9-15-21(20)27-17)22(24-26-23)18-10-4-2-5-11-18/h2-15,17H,16H2,1H3/t17-,23+/m0/s1. The minimum absolute atomic E-state index is 0.390. The lowest BCUT2D eigenvalue weighted by atomic mass is 9.94. The van der Waals surface area contributed by atoms with E-state index in [1.54, 1.807) is 0 Å². The molecule has 0 radical (unpaired) electrons. The highest BCUT2D eigenvalue weighted by molar-refractivity contribution is 8.00. The molecule has 2 aliphatic heterocycles. The molecule has 0 unspecified atom stereocenters. The van der Waals surface area contributed by atoms with Gasteiger partial charge in [-0.05, 0) is 12.1 Å². The zero-order valence-electron chi connectivity index (χ0n) is 15.1. The van der Waals surface area contributed by atoms with Crippen molar-refractivity contribution >= 4 is 23.3 Å². The first-order valence-corrected chi connectivity index (χ1v) is 10.1. The summed E-state index contributed by atoms with van der Waals surface area (Å²) in [5, 5.41) is 5.00. The van der Waals surface area contributed by atoms with Gasteiger partial charge < -0.3 is 4.84 Å². The molecule has 3 aromatic carbocycles. The number of hydrogen-bond donors (Lipinski definition) is 0. The van der Waals surface area contributed by atoms with Gasteiger partial charge in [0.2, 0.25) is 5.72 Å². The van der Waals surface area contributed by atoms with Gasteiger partial charge in [0.25, 0.3) is 0 Å². The fourth-order valence-electron chi connectivity index (χ4n) is 3.97. The quantitative estimate of drug-likeness (QED) is 0.583. The molecule has 4 heteroatoms. The summed E-state index contributed by atoms with van der Waals surface area (Å²) >= 11 is 1.90. The first kappa shape index (κ1) is 16.5. The smallest absolute Gasteiger partial charge is 0.242 e. The predicted molar refractivity (Wildman–Crippen MR) is 111 cm³/mol. The van der Waals surface area contributed by atoms with Crippen molar-refractivity contribution in [3.05, 3.63) is 96.1 Å². The van der Waals surface area contributed by atoms with Crippen LogP contribution in [0.3, 0.4) is 0 Å². The predicted octanol–water partition coefficient (Wildman–Crippen LogP) is 5.62. The number of thioether (sulfide) groups is 1. The Morgan fingerprint density at radius 3 is 2.37 bits per heavy atom. The molecular formula is C23H20N2OS. The van der Waals surface area contributed by atoms with Crippen LogP contribution in [0.15, 0.2) is 95.0 Å². The van der Waals surface area contributed by atoms with E-state index < -0.39 is 5.72 Å². The average molecular weight is 372 g/mol. The molecule has 0 bridgehead atoms. The van der Waals surface area contributed by atoms with E-state index >= 15 is 0 Å². The highest BCUT2D eigenvalue weighted by atomic mass is 32.2. The zero-order chi connectivity index (χ0) is 18.3. The van der Waals surface area contributed by atoms with Crippen molar-refractivity contribution in [2.24, 2.45) is 5.16 Å². The second kappa shape index (κ2) is 6.46. The average Bonchev–Trinajstić information content (AvgIpc) is 3.03. The summed E-state index contributed by atoms with van der Waals surface area (Å²) in [7, 11) is 0. The second-order valence-electron chi connectivity index (χ2n) is 6.96. The van der Waals surface area contributed by atoms with E-state index in [0.717, 1.165) is 29.1 Å². The van der Waals surface area contributed by atoms with E-state index in [9.17, 15) is 0 Å². The summed E-state index contributed by atoms with van der Waals surface area (Å²) < 4.78 is 0. The van der Waals surface area contributed by atoms with E-state index in [1.165, 1.54) is 4.90 Å². The molecule has 2 heterocycles. The van der Waals surface area contributed by atoms with Crippen LogP contribution in [-0.2, 0) is 10.6 Å². The maximum Gasteiger partial charge on any atom is 0.242 e. The number of anilines is 1. The summed E-state index contributed by atoms with van der Waals surface area (Å²) in [4.78, 5) is 9.86. The second-order valence-corrected chi connectivity index (χ2v) is 8.44. The van der Waals surface area contributed by atoms with Gasteiger partial charge in [0.05, 0.1) is 5.69 Å². The molecule has 0 spiro atoms. The molecular weight excluding hydrogens is 352 g/mol. The topological polar surface area (TPSA) is 24.8 Å². The molecule has 0 saturated carbocycles. The lowest BCUT2D eigenvalue weighted by Gasteiger charge is -2.37. The van der Waals surface area contributed by atoms with Crippen LogP contribution in [0.25, 0.3) is 0 Å². The first-order chi connectivity index (χ1) is 13.3. The number of benzene rings is 3. The maximum atomic E-state index is 6.31. The van der Waals surface area contributed by atoms with Gasteiger partial charge >= 0.3 is 0 Å². The third kappa shape index (κ3) is 2.63. The highest BCUT2D eigenvalue weighted by Gasteiger charge is 2.51. The fourth-order valence-corrected chi connectivity index (χ4v) is 5.15. The van der Waals surface area contributed by atoms with Gasteiger partial charge in [-0.25, -0.2) is 0 Å². The van der Waals surface area contributed by atoms with Crippen molar-refractivity contribution in [3.8, 4) is 0 Å². The van der Waals surface area contributed by atoms with Gasteiger partial charge in [-0.2, -0.15) is 0 Å². The number of nitrogens with zero attached hydrogens (tertiary/aromatic N) is 2. The van der Waals surface area contributed by atoms with Crippen molar-refractivity contribution in [2.45, 2.75) is 29.2 Å². The Morgan fingerprint density at radius 2 is 1.59 bits per heavy atom. The van der Waals surface area contributed by atoms with Gasteiger partial charge in [0, 0.05) is 27.7 Å². The molecule has 2 aliphatic rings. The van der Waals surface area contributed by atoms with Crippen molar-refractivity contribution in [3.63, 3.8) is 0 Å². The number of rotatable bonds is 2. The van der Waals surface area contributed by atoms with Crippen LogP contribution in [0.5, 0.6) is 0 Å². The summed E-state index contributed by atoms with van der Waals surface area (Å²) in [5.41, 5.74) is 2.70. The van der Waals surface area contributed by atoms with E-state index in [-0.39, 0.29) is 0 Å². The first-order valence-electron chi connectivity index (χ1n) is 9.21. The largest absolute Gasteiger partial charge is 0.360 e. The SMILES string of the molecule is C[C@H]1C[C@]2(c3ccccc3)ON=C(c3ccccc3)N2c2ccccc2S1. The third-order valence-corrected chi connectivity index (χ3v) is 6.28. The molecule has 0 aliphatic carbocycles. The Balaban J connectivity index is 1.75. The van der Waals surface area contributed by atoms with E-state index in [0.29, 0.717) is 5.25 Å². The van der Waals surface area contributed by atoms with Crippen LogP contribution in [-0.4, -0.2) is 11.1 Å². The summed E-state index contributed by atoms with van der Waals surface area (Å²) in [5.74, 6) is 0.863. The van der Waals surface area contributed by atoms with Gasteiger partial charge in [0.15, 0.2) is 5.84 Å². The van der Waals surface area contributed by atoms with Gasteiger partial charge in [-0.3, -0.25) is 4.90 Å². The van der Waals surface area contributed by atoms with Crippen LogP contribution >= 0.6 is 11.8 Å². The number of amidine groups is 1. The van der Waals surface area contributed by atoms with Crippen LogP contribution in [0.2, 0.25) is 0 Å². The number of oxime groups is 1. The lowest BCUT2D eigenvalue weighted by molar-refractivity contribution is -0.0274. The number of para-hydroxylation sites is 1. The fraction of sp³-hybridized carbons (Fsp3) is 0.174. The zero-order valence-corrected chi connectivity index (χ0v) is 15.9. The molecule has 0 saturated heterocycles. The molecule has 0 fully saturated rings. The normalized spacial score (nSPS) is 23.7. The van der Waals surface area contributed by atoms with E-state index in [4.69, 9.17) is 4.84 Å². The number of hydrogen-bond acceptors (Lipinski definition) is 4. The van der Waals surface area contributed by atoms with Crippen molar-refractivity contribution in [2.75, 3.05) is 4.90 Å². The van der Waals surface area contributed by atoms with Crippen molar-refractivity contribution in [1.82, 2.24) is 0 Å². The molecule has 3 nitrogen and oxygen atoms in total. The summed E-state index contributed by atoms with van der Waals surface area (Å²) in [6.07, 6.45) is 0.843. The number of fused-ring (bicyclic) bond motifs is 3. The lowest BCUT2D eigenvalue weighted by Crippen LogP contribution is -2.47. The minimum Gasteiger partial charge on any atom is -0.360 e. The van der Waals surface area contributed by atoms with Crippen molar-refractivity contribution in [1.29, 1.82) is 0 Å². The molecule has 3 aromatic rings. The van der Waals surface area contributed by atoms with Crippen molar-refractivity contribution < 1.29 is 4.84 Å². The van der Waals surface area contributed by atoms with Crippen LogP contribution in [0, 0.1) is 0 Å². The monoisotopic (exact) mass is 372 g/mol. The summed E-state index contributed by atoms with van der Waals surface area (Å²) in [6, 6.07) is 29.3. The van der Waals surface area contributed by atoms with E-state index in [1.807, 2.05) is 36.0 Å². The summed E-state index contributed by atoms with van der Waals surface area (Å²) in [6.45, 7) is 2.26. The molecule has 2 atom stereocenters. The molecule has 5 rings (SSSR count). The molecule has 134 valence electrons. The molecule has 0 N–H and O–H groups in total. The third-order valence-electron chi connectivity index (χ3n) is 5.11. The molecule has 0 amide bonds. The molecule has 27 heavy (non-hydrogen) atoms. The Morgan fingerprint density at radius 1 is 0.926 bits per heavy atom. The van der Waals surface area contributed by atoms with Crippen LogP contribution in [0.4, 0.5) is 5.69 Å². The highest BCUT2D eigenvalue weighted by Crippen LogP contribution is 2.51. The Kier molecular flexibility index (Phi) is 3.94. The Bertz CT molecular complexity index is 990. The van der Waals surface area contributed by atoms with Gasteiger partial charge in [-0.15, -0.1) is 11.8 Å².